The smallest absolute Gasteiger partial charge is 0.253 e. The van der Waals surface area contributed by atoms with Gasteiger partial charge in [0.2, 0.25) is 0 Å². The molecule has 94 valence electrons. The summed E-state index contributed by atoms with van der Waals surface area (Å²) in [6, 6.07) is 3.10. The van der Waals surface area contributed by atoms with Gasteiger partial charge >= 0.3 is 0 Å². The molecule has 0 spiro atoms. The molecule has 5 nitrogen and oxygen atoms in total. The maximum absolute atomic E-state index is 12.0. The number of rotatable bonds is 5. The highest BCUT2D eigenvalue weighted by Gasteiger charge is 2.13. The number of halogens is 1. The van der Waals surface area contributed by atoms with E-state index in [1.807, 2.05) is 6.26 Å². The van der Waals surface area contributed by atoms with Gasteiger partial charge in [0.1, 0.15) is 11.0 Å². The lowest BCUT2D eigenvalue weighted by Gasteiger charge is -2.16. The second-order valence-corrected chi connectivity index (χ2v) is 4.80. The summed E-state index contributed by atoms with van der Waals surface area (Å²) in [5, 5.41) is 0.238. The van der Waals surface area contributed by atoms with Gasteiger partial charge in [0.05, 0.1) is 0 Å². The minimum atomic E-state index is -0.0974. The Morgan fingerprint density at radius 2 is 2.35 bits per heavy atom. The molecule has 1 aromatic rings. The van der Waals surface area contributed by atoms with E-state index >= 15 is 0 Å². The first-order valence-corrected chi connectivity index (χ1v) is 6.74. The van der Waals surface area contributed by atoms with E-state index in [-0.39, 0.29) is 11.1 Å². The largest absolute Gasteiger partial charge is 0.341 e. The minimum absolute atomic E-state index is 0.0974. The van der Waals surface area contributed by atoms with E-state index in [0.717, 1.165) is 5.75 Å². The molecule has 0 saturated carbocycles. The van der Waals surface area contributed by atoms with Gasteiger partial charge in [0, 0.05) is 24.9 Å². The lowest BCUT2D eigenvalue weighted by molar-refractivity contribution is 0.0803. The molecule has 0 aromatic carbocycles. The van der Waals surface area contributed by atoms with E-state index < -0.39 is 0 Å². The number of nitrogens with two attached hydrogens (primary N) is 1. The van der Waals surface area contributed by atoms with E-state index in [2.05, 4.69) is 10.4 Å². The zero-order chi connectivity index (χ0) is 12.8. The van der Waals surface area contributed by atoms with E-state index in [1.54, 1.807) is 29.8 Å². The summed E-state index contributed by atoms with van der Waals surface area (Å²) in [7, 11) is 1.75. The average Bonchev–Trinajstić information content (AvgIpc) is 2.34. The van der Waals surface area contributed by atoms with Crippen LogP contribution in [0, 0.1) is 0 Å². The van der Waals surface area contributed by atoms with E-state index in [1.165, 1.54) is 6.07 Å². The van der Waals surface area contributed by atoms with Crippen LogP contribution in [-0.2, 0) is 0 Å². The number of aromatic nitrogens is 1. The highest BCUT2D eigenvalue weighted by Crippen LogP contribution is 2.15. The first kappa shape index (κ1) is 14.1. The van der Waals surface area contributed by atoms with Gasteiger partial charge in [-0.05, 0) is 18.4 Å². The van der Waals surface area contributed by atoms with Crippen LogP contribution in [0.1, 0.15) is 10.4 Å². The molecule has 0 saturated heterocycles. The molecule has 1 rings (SSSR count). The highest BCUT2D eigenvalue weighted by atomic mass is 35.5. The molecule has 7 heteroatoms. The van der Waals surface area contributed by atoms with Gasteiger partial charge in [-0.3, -0.25) is 4.79 Å². The third-order valence-corrected chi connectivity index (χ3v) is 2.95. The number of amides is 1. The van der Waals surface area contributed by atoms with Crippen molar-refractivity contribution >= 4 is 35.1 Å². The Hall–Kier alpha value is -0.980. The van der Waals surface area contributed by atoms with Crippen LogP contribution in [0.25, 0.3) is 0 Å². The number of nitrogens with zero attached hydrogens (tertiary/aromatic N) is 2. The second-order valence-electron chi connectivity index (χ2n) is 3.43. The summed E-state index contributed by atoms with van der Waals surface area (Å²) in [5.74, 6) is 6.41. The maximum atomic E-state index is 12.0. The number of nitrogens with one attached hydrogen (secondary N) is 1. The minimum Gasteiger partial charge on any atom is -0.341 e. The van der Waals surface area contributed by atoms with Gasteiger partial charge in [0.25, 0.3) is 5.91 Å². The van der Waals surface area contributed by atoms with Crippen molar-refractivity contribution in [3.63, 3.8) is 0 Å². The van der Waals surface area contributed by atoms with Gasteiger partial charge in [-0.2, -0.15) is 11.8 Å². The summed E-state index contributed by atoms with van der Waals surface area (Å²) >= 11 is 7.49. The number of hydrazine groups is 1. The number of carbonyl (C=O) groups is 1. The van der Waals surface area contributed by atoms with Crippen molar-refractivity contribution in [2.75, 3.05) is 31.0 Å². The summed E-state index contributed by atoms with van der Waals surface area (Å²) in [6.45, 7) is 0.686. The Labute approximate surface area is 110 Å². The number of anilines is 1. The molecule has 1 heterocycles. The zero-order valence-corrected chi connectivity index (χ0v) is 11.3. The van der Waals surface area contributed by atoms with Crippen molar-refractivity contribution in [2.24, 2.45) is 5.84 Å². The Bertz CT molecular complexity index is 402. The monoisotopic (exact) mass is 274 g/mol. The summed E-state index contributed by atoms with van der Waals surface area (Å²) in [5.41, 5.74) is 2.85. The molecule has 0 aliphatic carbocycles. The van der Waals surface area contributed by atoms with Crippen LogP contribution in [0.3, 0.4) is 0 Å². The topological polar surface area (TPSA) is 71.2 Å². The number of hydrogen-bond acceptors (Lipinski definition) is 5. The van der Waals surface area contributed by atoms with Gasteiger partial charge < -0.3 is 10.3 Å². The van der Waals surface area contributed by atoms with Crippen molar-refractivity contribution in [3.8, 4) is 0 Å². The maximum Gasteiger partial charge on any atom is 0.253 e. The first-order chi connectivity index (χ1) is 8.08. The van der Waals surface area contributed by atoms with Crippen LogP contribution in [0.4, 0.5) is 5.82 Å². The molecule has 1 amide bonds. The number of hydrogen-bond donors (Lipinski definition) is 2. The lowest BCUT2D eigenvalue weighted by atomic mass is 10.2. The lowest BCUT2D eigenvalue weighted by Crippen LogP contribution is -2.29. The normalized spacial score (nSPS) is 10.1. The van der Waals surface area contributed by atoms with Crippen molar-refractivity contribution in [1.82, 2.24) is 9.88 Å². The van der Waals surface area contributed by atoms with Gasteiger partial charge in [-0.25, -0.2) is 10.8 Å². The molecule has 0 aliphatic heterocycles. The van der Waals surface area contributed by atoms with Crippen LogP contribution in [-0.4, -0.2) is 41.4 Å². The molecule has 0 aliphatic rings. The zero-order valence-electron chi connectivity index (χ0n) is 9.74. The van der Waals surface area contributed by atoms with Crippen molar-refractivity contribution in [3.05, 3.63) is 22.8 Å². The van der Waals surface area contributed by atoms with Crippen molar-refractivity contribution in [2.45, 2.75) is 0 Å². The fourth-order valence-corrected chi connectivity index (χ4v) is 1.91. The Kier molecular flexibility index (Phi) is 5.54. The van der Waals surface area contributed by atoms with Gasteiger partial charge in [0.15, 0.2) is 0 Å². The predicted octanol–water partition coefficient (Wildman–Crippen LogP) is 1.46. The SMILES string of the molecule is CSCCN(C)C(=O)c1cc(Cl)nc(NN)c1. The third-order valence-electron chi connectivity index (χ3n) is 2.17. The van der Waals surface area contributed by atoms with Gasteiger partial charge in [-0.1, -0.05) is 11.6 Å². The molecular weight excluding hydrogens is 260 g/mol. The fraction of sp³-hybridized carbons (Fsp3) is 0.400. The van der Waals surface area contributed by atoms with Crippen LogP contribution in [0.15, 0.2) is 12.1 Å². The summed E-state index contributed by atoms with van der Waals surface area (Å²) in [4.78, 5) is 17.6. The van der Waals surface area contributed by atoms with Gasteiger partial charge in [-0.15, -0.1) is 0 Å². The van der Waals surface area contributed by atoms with Crippen LogP contribution in [0.5, 0.6) is 0 Å². The van der Waals surface area contributed by atoms with E-state index in [0.29, 0.717) is 17.9 Å². The number of carbonyl (C=O) groups excluding carboxylic acids is 1. The average molecular weight is 275 g/mol. The molecule has 3 N–H and O–H groups in total. The fourth-order valence-electron chi connectivity index (χ4n) is 1.24. The number of pyridine rings is 1. The Balaban J connectivity index is 2.84. The molecule has 0 bridgehead atoms. The predicted molar refractivity (Wildman–Crippen MR) is 72.4 cm³/mol. The van der Waals surface area contributed by atoms with E-state index in [9.17, 15) is 4.79 Å². The standard InChI is InChI=1S/C10H15ClN4OS/c1-15(3-4-17-2)10(16)7-5-8(11)13-9(6-7)14-12/h5-6H,3-4,12H2,1-2H3,(H,13,14). The molecular formula is C10H15ClN4OS. The number of nitrogen functional groups attached to an aromatic ring is 1. The van der Waals surface area contributed by atoms with Crippen LogP contribution < -0.4 is 11.3 Å². The molecule has 17 heavy (non-hydrogen) atoms. The van der Waals surface area contributed by atoms with Crippen LogP contribution in [0.2, 0.25) is 5.15 Å². The quantitative estimate of drug-likeness (QED) is 0.483. The molecule has 1 aromatic heterocycles. The van der Waals surface area contributed by atoms with Crippen molar-refractivity contribution < 1.29 is 4.79 Å². The molecule has 0 unspecified atom stereocenters. The third kappa shape index (κ3) is 4.07. The molecule has 0 atom stereocenters. The second kappa shape index (κ2) is 6.68. The Morgan fingerprint density at radius 3 is 2.94 bits per heavy atom. The highest BCUT2D eigenvalue weighted by molar-refractivity contribution is 7.98. The van der Waals surface area contributed by atoms with E-state index in [4.69, 9.17) is 17.4 Å². The molecule has 0 radical (unpaired) electrons. The van der Waals surface area contributed by atoms with Crippen LogP contribution >= 0.6 is 23.4 Å². The van der Waals surface area contributed by atoms with Crippen molar-refractivity contribution in [1.29, 1.82) is 0 Å². The Morgan fingerprint density at radius 1 is 1.65 bits per heavy atom. The first-order valence-electron chi connectivity index (χ1n) is 4.97. The summed E-state index contributed by atoms with van der Waals surface area (Å²) in [6.07, 6.45) is 2.00. The summed E-state index contributed by atoms with van der Waals surface area (Å²) < 4.78 is 0. The molecule has 0 fully saturated rings. The number of thioether (sulfide) groups is 1.